The van der Waals surface area contributed by atoms with Gasteiger partial charge in [0.1, 0.15) is 23.9 Å². The molecule has 5 nitrogen and oxygen atoms in total. The summed E-state index contributed by atoms with van der Waals surface area (Å²) in [5.74, 6) is 1.58. The lowest BCUT2D eigenvalue weighted by Crippen LogP contribution is -2.33. The minimum atomic E-state index is -0.0797. The van der Waals surface area contributed by atoms with Crippen molar-refractivity contribution in [3.8, 4) is 28.4 Å². The van der Waals surface area contributed by atoms with E-state index >= 15 is 0 Å². The van der Waals surface area contributed by atoms with Gasteiger partial charge in [0.15, 0.2) is 5.78 Å². The number of likely N-dealkylation sites (tertiary alicyclic amines) is 1. The molecule has 0 spiro atoms. The molecule has 184 valence electrons. The SMILES string of the molecule is COc1ccc2c(C(=O)c3ccc(OCCN4CCCCC4)cc3)c(-c3cccc(O)c3)ccc2c1. The van der Waals surface area contributed by atoms with Crippen LogP contribution in [-0.4, -0.2) is 49.1 Å². The fourth-order valence-corrected chi connectivity index (χ4v) is 4.92. The molecular weight excluding hydrogens is 450 g/mol. The number of fused-ring (bicyclic) bond motifs is 1. The van der Waals surface area contributed by atoms with Crippen LogP contribution in [-0.2, 0) is 0 Å². The zero-order valence-electron chi connectivity index (χ0n) is 20.6. The van der Waals surface area contributed by atoms with Gasteiger partial charge in [0, 0.05) is 17.7 Å². The Kier molecular flexibility index (Phi) is 7.19. The second kappa shape index (κ2) is 10.8. The predicted molar refractivity (Wildman–Crippen MR) is 143 cm³/mol. The first-order valence-electron chi connectivity index (χ1n) is 12.5. The van der Waals surface area contributed by atoms with Crippen molar-refractivity contribution in [2.24, 2.45) is 0 Å². The molecular formula is C31H31NO4. The van der Waals surface area contributed by atoms with Crippen LogP contribution >= 0.6 is 0 Å². The van der Waals surface area contributed by atoms with Gasteiger partial charge in [0.2, 0.25) is 0 Å². The summed E-state index contributed by atoms with van der Waals surface area (Å²) in [7, 11) is 1.63. The number of carbonyl (C=O) groups excluding carboxylic acids is 1. The molecule has 36 heavy (non-hydrogen) atoms. The number of piperidine rings is 1. The average molecular weight is 482 g/mol. The summed E-state index contributed by atoms with van der Waals surface area (Å²) in [5, 5.41) is 11.8. The van der Waals surface area contributed by atoms with Crippen molar-refractivity contribution in [1.82, 2.24) is 4.90 Å². The number of phenolic OH excluding ortho intramolecular Hbond substituents is 1. The van der Waals surface area contributed by atoms with Crippen LogP contribution in [0.2, 0.25) is 0 Å². The Bertz CT molecular complexity index is 1360. The summed E-state index contributed by atoms with van der Waals surface area (Å²) in [6, 6.07) is 24.0. The van der Waals surface area contributed by atoms with E-state index in [0.29, 0.717) is 17.7 Å². The van der Waals surface area contributed by atoms with Gasteiger partial charge in [-0.2, -0.15) is 0 Å². The van der Waals surface area contributed by atoms with E-state index in [1.807, 2.05) is 60.7 Å². The Morgan fingerprint density at radius 3 is 2.42 bits per heavy atom. The van der Waals surface area contributed by atoms with Crippen molar-refractivity contribution in [2.45, 2.75) is 19.3 Å². The topological polar surface area (TPSA) is 59.0 Å². The molecule has 0 amide bonds. The van der Waals surface area contributed by atoms with Gasteiger partial charge in [-0.05, 0) is 102 Å². The molecule has 0 aromatic heterocycles. The highest BCUT2D eigenvalue weighted by molar-refractivity contribution is 6.20. The summed E-state index contributed by atoms with van der Waals surface area (Å²) >= 11 is 0. The Morgan fingerprint density at radius 1 is 0.889 bits per heavy atom. The maximum absolute atomic E-state index is 13.9. The Balaban J connectivity index is 1.44. The lowest BCUT2D eigenvalue weighted by atomic mass is 9.89. The second-order valence-corrected chi connectivity index (χ2v) is 9.23. The summed E-state index contributed by atoms with van der Waals surface area (Å²) in [6.45, 7) is 3.86. The van der Waals surface area contributed by atoms with E-state index in [-0.39, 0.29) is 11.5 Å². The molecule has 0 aliphatic carbocycles. The molecule has 0 saturated carbocycles. The number of nitrogens with zero attached hydrogens (tertiary/aromatic N) is 1. The molecule has 1 aliphatic rings. The van der Waals surface area contributed by atoms with Gasteiger partial charge < -0.3 is 14.6 Å². The molecule has 0 unspecified atom stereocenters. The number of benzene rings is 4. The fourth-order valence-electron chi connectivity index (χ4n) is 4.92. The highest BCUT2D eigenvalue weighted by Gasteiger charge is 2.19. The van der Waals surface area contributed by atoms with Crippen molar-refractivity contribution < 1.29 is 19.4 Å². The number of hydrogen-bond acceptors (Lipinski definition) is 5. The molecule has 1 fully saturated rings. The second-order valence-electron chi connectivity index (χ2n) is 9.23. The van der Waals surface area contributed by atoms with Crippen molar-refractivity contribution in [1.29, 1.82) is 0 Å². The summed E-state index contributed by atoms with van der Waals surface area (Å²) < 4.78 is 11.3. The van der Waals surface area contributed by atoms with Gasteiger partial charge in [-0.25, -0.2) is 0 Å². The monoisotopic (exact) mass is 481 g/mol. The Hall–Kier alpha value is -3.83. The van der Waals surface area contributed by atoms with Gasteiger partial charge in [-0.15, -0.1) is 0 Å². The van der Waals surface area contributed by atoms with Gasteiger partial charge >= 0.3 is 0 Å². The largest absolute Gasteiger partial charge is 0.508 e. The maximum Gasteiger partial charge on any atom is 0.194 e. The molecule has 1 saturated heterocycles. The van der Waals surface area contributed by atoms with Crippen LogP contribution in [0, 0.1) is 0 Å². The molecule has 4 aromatic rings. The first-order valence-corrected chi connectivity index (χ1v) is 12.5. The third kappa shape index (κ3) is 5.21. The predicted octanol–water partition coefficient (Wildman–Crippen LogP) is 6.32. The van der Waals surface area contributed by atoms with E-state index in [0.717, 1.165) is 53.0 Å². The van der Waals surface area contributed by atoms with Crippen LogP contribution in [0.25, 0.3) is 21.9 Å². The number of carbonyl (C=O) groups is 1. The smallest absolute Gasteiger partial charge is 0.194 e. The van der Waals surface area contributed by atoms with Crippen LogP contribution in [0.4, 0.5) is 0 Å². The van der Waals surface area contributed by atoms with E-state index < -0.39 is 0 Å². The lowest BCUT2D eigenvalue weighted by Gasteiger charge is -2.26. The van der Waals surface area contributed by atoms with Crippen molar-refractivity contribution >= 4 is 16.6 Å². The van der Waals surface area contributed by atoms with E-state index in [1.54, 1.807) is 25.3 Å². The maximum atomic E-state index is 13.9. The van der Waals surface area contributed by atoms with E-state index in [9.17, 15) is 9.90 Å². The zero-order valence-corrected chi connectivity index (χ0v) is 20.6. The summed E-state index contributed by atoms with van der Waals surface area (Å²) in [6.07, 6.45) is 3.86. The molecule has 0 radical (unpaired) electrons. The van der Waals surface area contributed by atoms with Gasteiger partial charge in [-0.1, -0.05) is 30.7 Å². The molecule has 1 N–H and O–H groups in total. The van der Waals surface area contributed by atoms with E-state index in [1.165, 1.54) is 19.3 Å². The van der Waals surface area contributed by atoms with Gasteiger partial charge in [-0.3, -0.25) is 9.69 Å². The van der Waals surface area contributed by atoms with E-state index in [2.05, 4.69) is 4.90 Å². The van der Waals surface area contributed by atoms with Crippen molar-refractivity contribution in [3.05, 3.63) is 90.0 Å². The first kappa shape index (κ1) is 23.9. The molecule has 5 rings (SSSR count). The van der Waals surface area contributed by atoms with Crippen LogP contribution in [0.1, 0.15) is 35.2 Å². The number of rotatable bonds is 8. The average Bonchev–Trinajstić information content (AvgIpc) is 2.92. The van der Waals surface area contributed by atoms with Gasteiger partial charge in [0.05, 0.1) is 7.11 Å². The number of aromatic hydroxyl groups is 1. The Labute approximate surface area is 211 Å². The molecule has 0 atom stereocenters. The molecule has 4 aromatic carbocycles. The minimum absolute atomic E-state index is 0.0797. The van der Waals surface area contributed by atoms with E-state index in [4.69, 9.17) is 9.47 Å². The molecule has 0 bridgehead atoms. The minimum Gasteiger partial charge on any atom is -0.508 e. The number of phenols is 1. The quantitative estimate of drug-likeness (QED) is 0.299. The van der Waals surface area contributed by atoms with Crippen molar-refractivity contribution in [3.63, 3.8) is 0 Å². The number of ether oxygens (including phenoxy) is 2. The van der Waals surface area contributed by atoms with Crippen LogP contribution in [0.15, 0.2) is 78.9 Å². The van der Waals surface area contributed by atoms with Crippen LogP contribution in [0.5, 0.6) is 17.2 Å². The van der Waals surface area contributed by atoms with Crippen LogP contribution in [0.3, 0.4) is 0 Å². The van der Waals surface area contributed by atoms with Crippen molar-refractivity contribution in [2.75, 3.05) is 33.4 Å². The number of hydrogen-bond donors (Lipinski definition) is 1. The summed E-state index contributed by atoms with van der Waals surface area (Å²) in [4.78, 5) is 16.3. The van der Waals surface area contributed by atoms with Crippen LogP contribution < -0.4 is 9.47 Å². The normalized spacial score (nSPS) is 14.0. The zero-order chi connectivity index (χ0) is 24.9. The number of ketones is 1. The number of methoxy groups -OCH3 is 1. The fraction of sp³-hybridized carbons (Fsp3) is 0.258. The highest BCUT2D eigenvalue weighted by Crippen LogP contribution is 2.35. The Morgan fingerprint density at radius 2 is 1.67 bits per heavy atom. The molecule has 5 heteroatoms. The third-order valence-corrected chi connectivity index (χ3v) is 6.85. The molecule has 1 aliphatic heterocycles. The molecule has 1 heterocycles. The first-order chi connectivity index (χ1) is 17.6. The lowest BCUT2D eigenvalue weighted by molar-refractivity contribution is 0.104. The summed E-state index contributed by atoms with van der Waals surface area (Å²) in [5.41, 5.74) is 2.74. The third-order valence-electron chi connectivity index (χ3n) is 6.85. The standard InChI is InChI=1S/C31H31NO4/c1-35-27-13-15-29-24(21-27)10-14-28(23-6-5-7-25(33)20-23)30(29)31(34)22-8-11-26(12-9-22)36-19-18-32-16-3-2-4-17-32/h5-15,20-21,33H,2-4,16-19H2,1H3. The van der Waals surface area contributed by atoms with Gasteiger partial charge in [0.25, 0.3) is 0 Å². The highest BCUT2D eigenvalue weighted by atomic mass is 16.5.